The molecule has 24 heavy (non-hydrogen) atoms. The van der Waals surface area contributed by atoms with E-state index in [2.05, 4.69) is 30.2 Å². The van der Waals surface area contributed by atoms with Gasteiger partial charge in [-0.05, 0) is 11.6 Å². The lowest BCUT2D eigenvalue weighted by Crippen LogP contribution is -2.35. The topological polar surface area (TPSA) is 45.8 Å². The van der Waals surface area contributed by atoms with E-state index in [9.17, 15) is 5.11 Å². The van der Waals surface area contributed by atoms with Crippen LogP contribution in [-0.2, 0) is 17.9 Å². The average molecular weight is 325 g/mol. The molecule has 1 aromatic heterocycles. The highest BCUT2D eigenvalue weighted by Gasteiger charge is 2.17. The highest BCUT2D eigenvalue weighted by Crippen LogP contribution is 2.33. The summed E-state index contributed by atoms with van der Waals surface area (Å²) >= 11 is 0. The van der Waals surface area contributed by atoms with E-state index in [0.29, 0.717) is 11.5 Å². The third-order valence-corrected chi connectivity index (χ3v) is 4.35. The Morgan fingerprint density at radius 1 is 1.08 bits per heavy atom. The van der Waals surface area contributed by atoms with Crippen LogP contribution in [0.2, 0.25) is 0 Å². The molecule has 1 aliphatic heterocycles. The molecule has 4 nitrogen and oxygen atoms in total. The lowest BCUT2D eigenvalue weighted by Gasteiger charge is -2.26. The van der Waals surface area contributed by atoms with Gasteiger partial charge in [0.05, 0.1) is 19.8 Å². The molecule has 1 aliphatic rings. The van der Waals surface area contributed by atoms with Gasteiger partial charge in [-0.1, -0.05) is 43.5 Å². The van der Waals surface area contributed by atoms with E-state index in [1.807, 2.05) is 12.1 Å². The van der Waals surface area contributed by atoms with Crippen LogP contribution in [0.5, 0.6) is 0 Å². The summed E-state index contributed by atoms with van der Waals surface area (Å²) in [5.74, 6) is 1.32. The van der Waals surface area contributed by atoms with Gasteiger partial charge in [0, 0.05) is 36.3 Å². The quantitative estimate of drug-likeness (QED) is 0.882. The van der Waals surface area contributed by atoms with E-state index in [4.69, 9.17) is 9.15 Å². The van der Waals surface area contributed by atoms with Crippen LogP contribution >= 0.6 is 0 Å². The van der Waals surface area contributed by atoms with Crippen molar-refractivity contribution in [1.29, 1.82) is 0 Å². The molecule has 4 heteroatoms. The number of ether oxygens (including phenoxy) is 1. The molecule has 1 N–H and O–H groups in total. The Kier molecular flexibility index (Phi) is 5.30. The highest BCUT2D eigenvalue weighted by atomic mass is 16.5. The predicted octanol–water partition coefficient (Wildman–Crippen LogP) is 3.56. The highest BCUT2D eigenvalue weighted by molar-refractivity contribution is 5.73. The molecule has 2 aromatic rings. The second-order valence-electron chi connectivity index (χ2n) is 5.84. The van der Waals surface area contributed by atoms with Crippen LogP contribution in [0.25, 0.3) is 23.5 Å². The molecule has 0 atom stereocenters. The Labute approximate surface area is 142 Å². The summed E-state index contributed by atoms with van der Waals surface area (Å²) in [6.07, 6.45) is 3.34. The monoisotopic (exact) mass is 325 g/mol. The summed E-state index contributed by atoms with van der Waals surface area (Å²) in [5, 5.41) is 9.71. The third-order valence-electron chi connectivity index (χ3n) is 4.35. The first-order chi connectivity index (χ1) is 11.8. The fourth-order valence-electron chi connectivity index (χ4n) is 3.04. The molecule has 0 amide bonds. The predicted molar refractivity (Wildman–Crippen MR) is 96.3 cm³/mol. The third kappa shape index (κ3) is 3.36. The van der Waals surface area contributed by atoms with E-state index < -0.39 is 0 Å². The molecule has 0 spiro atoms. The Morgan fingerprint density at radius 3 is 2.38 bits per heavy atom. The SMILES string of the molecule is C=Cc1oc(-c2ccc(CN3CCOCC3)cc2)c(CO)c1C=C. The van der Waals surface area contributed by atoms with Crippen molar-refractivity contribution in [2.45, 2.75) is 13.2 Å². The van der Waals surface area contributed by atoms with Gasteiger partial charge in [0.1, 0.15) is 11.5 Å². The molecule has 0 unspecified atom stereocenters. The molecular weight excluding hydrogens is 302 g/mol. The first kappa shape index (κ1) is 16.7. The minimum absolute atomic E-state index is 0.0937. The van der Waals surface area contributed by atoms with E-state index >= 15 is 0 Å². The van der Waals surface area contributed by atoms with Crippen LogP contribution in [0.15, 0.2) is 41.8 Å². The molecular formula is C20H23NO3. The van der Waals surface area contributed by atoms with Crippen LogP contribution in [0.4, 0.5) is 0 Å². The maximum atomic E-state index is 9.71. The largest absolute Gasteiger partial charge is 0.456 e. The Balaban J connectivity index is 1.84. The van der Waals surface area contributed by atoms with Crippen LogP contribution < -0.4 is 0 Å². The van der Waals surface area contributed by atoms with E-state index in [1.165, 1.54) is 5.56 Å². The summed E-state index contributed by atoms with van der Waals surface area (Å²) in [7, 11) is 0. The Hall–Kier alpha value is -2.14. The minimum atomic E-state index is -0.0937. The van der Waals surface area contributed by atoms with Crippen molar-refractivity contribution in [3.63, 3.8) is 0 Å². The smallest absolute Gasteiger partial charge is 0.140 e. The normalized spacial score (nSPS) is 15.4. The first-order valence-corrected chi connectivity index (χ1v) is 8.17. The number of aliphatic hydroxyl groups is 1. The van der Waals surface area contributed by atoms with Gasteiger partial charge in [-0.2, -0.15) is 0 Å². The molecule has 0 saturated carbocycles. The molecule has 126 valence electrons. The summed E-state index contributed by atoms with van der Waals surface area (Å²) in [6.45, 7) is 11.9. The molecule has 3 rings (SSSR count). The molecule has 0 aliphatic carbocycles. The van der Waals surface area contributed by atoms with Gasteiger partial charge < -0.3 is 14.3 Å². The number of morpholine rings is 1. The average Bonchev–Trinajstić information content (AvgIpc) is 3.01. The van der Waals surface area contributed by atoms with Gasteiger partial charge in [0.2, 0.25) is 0 Å². The first-order valence-electron chi connectivity index (χ1n) is 8.17. The van der Waals surface area contributed by atoms with E-state index in [0.717, 1.165) is 49.5 Å². The van der Waals surface area contributed by atoms with Gasteiger partial charge in [0.15, 0.2) is 0 Å². The second kappa shape index (κ2) is 7.62. The van der Waals surface area contributed by atoms with Crippen molar-refractivity contribution in [2.24, 2.45) is 0 Å². The Morgan fingerprint density at radius 2 is 1.79 bits per heavy atom. The molecule has 2 heterocycles. The van der Waals surface area contributed by atoms with Gasteiger partial charge in [-0.3, -0.25) is 4.90 Å². The maximum Gasteiger partial charge on any atom is 0.140 e. The van der Waals surface area contributed by atoms with Gasteiger partial charge in [-0.15, -0.1) is 0 Å². The van der Waals surface area contributed by atoms with Crippen LogP contribution in [0.1, 0.15) is 22.5 Å². The maximum absolute atomic E-state index is 9.71. The molecule has 1 fully saturated rings. The van der Waals surface area contributed by atoms with Crippen molar-refractivity contribution < 1.29 is 14.3 Å². The summed E-state index contributed by atoms with van der Waals surface area (Å²) in [5.41, 5.74) is 3.76. The molecule has 0 radical (unpaired) electrons. The molecule has 1 aromatic carbocycles. The van der Waals surface area contributed by atoms with Crippen molar-refractivity contribution in [2.75, 3.05) is 26.3 Å². The lowest BCUT2D eigenvalue weighted by atomic mass is 10.0. The summed E-state index contributed by atoms with van der Waals surface area (Å²) < 4.78 is 11.3. The molecule has 0 bridgehead atoms. The zero-order valence-corrected chi connectivity index (χ0v) is 13.8. The van der Waals surface area contributed by atoms with Crippen LogP contribution in [-0.4, -0.2) is 36.3 Å². The lowest BCUT2D eigenvalue weighted by molar-refractivity contribution is 0.0342. The minimum Gasteiger partial charge on any atom is -0.456 e. The number of benzene rings is 1. The van der Waals surface area contributed by atoms with Crippen molar-refractivity contribution in [1.82, 2.24) is 4.90 Å². The number of rotatable bonds is 6. The Bertz CT molecular complexity index is 709. The molecule has 1 saturated heterocycles. The van der Waals surface area contributed by atoms with Crippen LogP contribution in [0, 0.1) is 0 Å². The summed E-state index contributed by atoms with van der Waals surface area (Å²) in [4.78, 5) is 2.39. The number of nitrogens with zero attached hydrogens (tertiary/aromatic N) is 1. The van der Waals surface area contributed by atoms with E-state index in [1.54, 1.807) is 12.2 Å². The summed E-state index contributed by atoms with van der Waals surface area (Å²) in [6, 6.07) is 8.28. The van der Waals surface area contributed by atoms with Crippen molar-refractivity contribution >= 4 is 12.2 Å². The number of aliphatic hydroxyl groups excluding tert-OH is 1. The number of furan rings is 1. The van der Waals surface area contributed by atoms with Gasteiger partial charge in [0.25, 0.3) is 0 Å². The second-order valence-corrected chi connectivity index (χ2v) is 5.84. The fraction of sp³-hybridized carbons (Fsp3) is 0.300. The standard InChI is InChI=1S/C20H23NO3/c1-3-17-18(14-22)20(24-19(17)4-2)16-7-5-15(6-8-16)13-21-9-11-23-12-10-21/h3-8,22H,1-2,9-14H2. The zero-order valence-electron chi connectivity index (χ0n) is 13.8. The van der Waals surface area contributed by atoms with Crippen molar-refractivity contribution in [3.05, 3.63) is 59.9 Å². The van der Waals surface area contributed by atoms with Crippen LogP contribution in [0.3, 0.4) is 0 Å². The van der Waals surface area contributed by atoms with Gasteiger partial charge in [-0.25, -0.2) is 0 Å². The zero-order chi connectivity index (χ0) is 16.9. The van der Waals surface area contributed by atoms with E-state index in [-0.39, 0.29) is 6.61 Å². The number of hydrogen-bond acceptors (Lipinski definition) is 4. The van der Waals surface area contributed by atoms with Crippen molar-refractivity contribution in [3.8, 4) is 11.3 Å². The fourth-order valence-corrected chi connectivity index (χ4v) is 3.04. The van der Waals surface area contributed by atoms with Gasteiger partial charge >= 0.3 is 0 Å². The number of hydrogen-bond donors (Lipinski definition) is 1.